The van der Waals surface area contributed by atoms with E-state index in [0.29, 0.717) is 11.5 Å². The van der Waals surface area contributed by atoms with Gasteiger partial charge >= 0.3 is 5.97 Å². The summed E-state index contributed by atoms with van der Waals surface area (Å²) < 4.78 is 0. The highest BCUT2D eigenvalue weighted by Gasteiger charge is 2.18. The van der Waals surface area contributed by atoms with E-state index < -0.39 is 17.9 Å². The molecule has 1 amide bonds. The molecule has 0 saturated heterocycles. The zero-order valence-corrected chi connectivity index (χ0v) is 18.3. The van der Waals surface area contributed by atoms with Crippen molar-refractivity contribution < 1.29 is 19.8 Å². The van der Waals surface area contributed by atoms with Crippen molar-refractivity contribution in [3.63, 3.8) is 0 Å². The third kappa shape index (κ3) is 15.3. The van der Waals surface area contributed by atoms with Crippen molar-refractivity contribution >= 4 is 23.6 Å². The molecule has 158 valence electrons. The number of nitrogens with one attached hydrogen (secondary N) is 1. The third-order valence-electron chi connectivity index (χ3n) is 3.95. The van der Waals surface area contributed by atoms with E-state index in [0.717, 1.165) is 31.8 Å². The van der Waals surface area contributed by atoms with E-state index in [2.05, 4.69) is 51.2 Å². The maximum atomic E-state index is 11.5. The van der Waals surface area contributed by atoms with Crippen LogP contribution >= 0.6 is 11.8 Å². The number of carboxylic acid groups (broad SMARTS) is 1. The van der Waals surface area contributed by atoms with Gasteiger partial charge in [-0.1, -0.05) is 41.0 Å². The predicted octanol–water partition coefficient (Wildman–Crippen LogP) is 4.26. The molecule has 0 fully saturated rings. The van der Waals surface area contributed by atoms with Gasteiger partial charge in [0.25, 0.3) is 0 Å². The fraction of sp³-hybridized carbons (Fsp3) is 0.545. The highest BCUT2D eigenvalue weighted by atomic mass is 32.2. The number of aliphatic hydroxyl groups is 1. The van der Waals surface area contributed by atoms with Gasteiger partial charge < -0.3 is 15.5 Å². The molecule has 0 radical (unpaired) electrons. The molecular weight excluding hydrogens is 374 g/mol. The molecular formula is C22H35NO4S. The highest BCUT2D eigenvalue weighted by Crippen LogP contribution is 2.13. The maximum Gasteiger partial charge on any atom is 0.327 e. The molecule has 0 aromatic rings. The van der Waals surface area contributed by atoms with E-state index in [1.54, 1.807) is 0 Å². The van der Waals surface area contributed by atoms with Gasteiger partial charge in [-0.2, -0.15) is 11.8 Å². The molecule has 0 heterocycles. The molecule has 0 aliphatic heterocycles. The zero-order chi connectivity index (χ0) is 21.4. The second-order valence-electron chi connectivity index (χ2n) is 6.98. The van der Waals surface area contributed by atoms with Gasteiger partial charge in [0.2, 0.25) is 5.91 Å². The predicted molar refractivity (Wildman–Crippen MR) is 119 cm³/mol. The van der Waals surface area contributed by atoms with E-state index in [9.17, 15) is 14.7 Å². The molecule has 0 rings (SSSR count). The fourth-order valence-electron chi connectivity index (χ4n) is 2.28. The summed E-state index contributed by atoms with van der Waals surface area (Å²) in [6.45, 7) is 8.24. The SMILES string of the molecule is CC(C)=CCC/C(C)=C/CC/C(C)=C/CSC[C@H](NC(=O)/C=C/CO)C(=O)O. The number of aliphatic hydroxyl groups excluding tert-OH is 1. The van der Waals surface area contributed by atoms with Crippen LogP contribution in [0.5, 0.6) is 0 Å². The van der Waals surface area contributed by atoms with Crippen LogP contribution in [0, 0.1) is 0 Å². The van der Waals surface area contributed by atoms with Gasteiger partial charge in [-0.15, -0.1) is 0 Å². The first-order valence-corrected chi connectivity index (χ1v) is 10.7. The number of thioether (sulfide) groups is 1. The van der Waals surface area contributed by atoms with Crippen LogP contribution in [-0.2, 0) is 9.59 Å². The first-order valence-electron chi connectivity index (χ1n) is 9.59. The Kier molecular flexibility index (Phi) is 15.2. The molecule has 28 heavy (non-hydrogen) atoms. The Bertz CT molecular complexity index is 602. The Hall–Kier alpha value is -1.79. The first kappa shape index (κ1) is 26.2. The first-order chi connectivity index (χ1) is 13.3. The molecule has 0 bridgehead atoms. The molecule has 0 aliphatic carbocycles. The molecule has 0 saturated carbocycles. The Morgan fingerprint density at radius 2 is 1.61 bits per heavy atom. The van der Waals surface area contributed by atoms with Gasteiger partial charge in [0, 0.05) is 17.6 Å². The summed E-state index contributed by atoms with van der Waals surface area (Å²) >= 11 is 1.47. The van der Waals surface area contributed by atoms with Crippen molar-refractivity contribution in [2.24, 2.45) is 0 Å². The van der Waals surface area contributed by atoms with Crippen molar-refractivity contribution in [3.8, 4) is 0 Å². The average Bonchev–Trinajstić information content (AvgIpc) is 2.61. The van der Waals surface area contributed by atoms with Crippen LogP contribution in [0.1, 0.15) is 53.4 Å². The number of carbonyl (C=O) groups excluding carboxylic acids is 1. The van der Waals surface area contributed by atoms with Crippen molar-refractivity contribution in [3.05, 3.63) is 47.1 Å². The largest absolute Gasteiger partial charge is 0.480 e. The molecule has 3 N–H and O–H groups in total. The molecule has 6 heteroatoms. The quantitative estimate of drug-likeness (QED) is 0.227. The smallest absolute Gasteiger partial charge is 0.327 e. The Morgan fingerprint density at radius 3 is 2.18 bits per heavy atom. The summed E-state index contributed by atoms with van der Waals surface area (Å²) in [6, 6.07) is -0.944. The monoisotopic (exact) mass is 409 g/mol. The summed E-state index contributed by atoms with van der Waals surface area (Å²) in [5, 5.41) is 20.2. The van der Waals surface area contributed by atoms with E-state index >= 15 is 0 Å². The average molecular weight is 410 g/mol. The van der Waals surface area contributed by atoms with E-state index in [1.165, 1.54) is 34.6 Å². The van der Waals surface area contributed by atoms with Crippen molar-refractivity contribution in [2.45, 2.75) is 59.4 Å². The van der Waals surface area contributed by atoms with Gasteiger partial charge in [-0.3, -0.25) is 4.79 Å². The normalized spacial score (nSPS) is 13.5. The van der Waals surface area contributed by atoms with Crippen LogP contribution in [0.4, 0.5) is 0 Å². The number of aliphatic carboxylic acids is 1. The number of amides is 1. The minimum Gasteiger partial charge on any atom is -0.480 e. The maximum absolute atomic E-state index is 11.5. The fourth-order valence-corrected chi connectivity index (χ4v) is 3.28. The lowest BCUT2D eigenvalue weighted by Gasteiger charge is -2.12. The molecule has 0 aromatic heterocycles. The molecule has 0 aromatic carbocycles. The van der Waals surface area contributed by atoms with Crippen molar-refractivity contribution in [1.82, 2.24) is 5.32 Å². The Labute approximate surface area is 173 Å². The lowest BCUT2D eigenvalue weighted by atomic mass is 10.1. The van der Waals surface area contributed by atoms with E-state index in [4.69, 9.17) is 5.11 Å². The highest BCUT2D eigenvalue weighted by molar-refractivity contribution is 7.99. The topological polar surface area (TPSA) is 86.6 Å². The summed E-state index contributed by atoms with van der Waals surface area (Å²) in [4.78, 5) is 22.8. The van der Waals surface area contributed by atoms with Gasteiger partial charge in [0.1, 0.15) is 6.04 Å². The van der Waals surface area contributed by atoms with Crippen molar-refractivity contribution in [1.29, 1.82) is 0 Å². The Balaban J connectivity index is 4.20. The van der Waals surface area contributed by atoms with Crippen LogP contribution < -0.4 is 5.32 Å². The Morgan fingerprint density at radius 1 is 1.00 bits per heavy atom. The number of carboxylic acids is 1. The minimum atomic E-state index is -1.06. The number of allylic oxidation sites excluding steroid dienone is 5. The van der Waals surface area contributed by atoms with Crippen molar-refractivity contribution in [2.75, 3.05) is 18.1 Å². The van der Waals surface area contributed by atoms with Crippen LogP contribution in [0.2, 0.25) is 0 Å². The van der Waals surface area contributed by atoms with Crippen LogP contribution in [0.15, 0.2) is 47.1 Å². The van der Waals surface area contributed by atoms with Crippen LogP contribution in [0.25, 0.3) is 0 Å². The van der Waals surface area contributed by atoms with Crippen LogP contribution in [0.3, 0.4) is 0 Å². The van der Waals surface area contributed by atoms with Gasteiger partial charge in [-0.05, 0) is 53.4 Å². The standard InChI is InChI=1S/C22H35NO4S/c1-17(2)8-5-9-18(3)10-6-11-19(4)13-15-28-16-20(22(26)27)23-21(25)12-7-14-24/h7-8,10,12-13,20,24H,5-6,9,11,14-16H2,1-4H3,(H,23,25)(H,26,27)/b12-7+,18-10+,19-13+/t20-/m0/s1. The molecule has 0 aliphatic rings. The lowest BCUT2D eigenvalue weighted by Crippen LogP contribution is -2.41. The summed E-state index contributed by atoms with van der Waals surface area (Å²) in [6.07, 6.45) is 13.3. The number of hydrogen-bond donors (Lipinski definition) is 3. The second-order valence-corrected chi connectivity index (χ2v) is 8.06. The number of hydrogen-bond acceptors (Lipinski definition) is 4. The minimum absolute atomic E-state index is 0.256. The lowest BCUT2D eigenvalue weighted by molar-refractivity contribution is -0.140. The zero-order valence-electron chi connectivity index (χ0n) is 17.5. The second kappa shape index (κ2) is 16.2. The third-order valence-corrected chi connectivity index (χ3v) is 4.92. The molecule has 0 spiro atoms. The number of carbonyl (C=O) groups is 2. The molecule has 5 nitrogen and oxygen atoms in total. The summed E-state index contributed by atoms with van der Waals surface area (Å²) in [7, 11) is 0. The summed E-state index contributed by atoms with van der Waals surface area (Å²) in [5.41, 5.74) is 4.05. The van der Waals surface area contributed by atoms with E-state index in [1.807, 2.05) is 0 Å². The summed E-state index contributed by atoms with van der Waals surface area (Å²) in [5.74, 6) is -0.573. The number of rotatable bonds is 14. The van der Waals surface area contributed by atoms with E-state index in [-0.39, 0.29) is 6.61 Å². The van der Waals surface area contributed by atoms with Gasteiger partial charge in [-0.25, -0.2) is 4.79 Å². The molecule has 0 unspecified atom stereocenters. The van der Waals surface area contributed by atoms with Gasteiger partial charge in [0.05, 0.1) is 6.61 Å². The molecule has 1 atom stereocenters. The van der Waals surface area contributed by atoms with Crippen LogP contribution in [-0.4, -0.2) is 46.2 Å². The van der Waals surface area contributed by atoms with Gasteiger partial charge in [0.15, 0.2) is 0 Å².